The molecule has 0 bridgehead atoms. The molecule has 1 aliphatic carbocycles. The van der Waals surface area contributed by atoms with Crippen LogP contribution in [0.2, 0.25) is 5.02 Å². The highest BCUT2D eigenvalue weighted by molar-refractivity contribution is 6.30. The van der Waals surface area contributed by atoms with Crippen molar-refractivity contribution in [1.82, 2.24) is 0 Å². The van der Waals surface area contributed by atoms with Gasteiger partial charge < -0.3 is 0 Å². The summed E-state index contributed by atoms with van der Waals surface area (Å²) in [5.41, 5.74) is 1.00. The predicted octanol–water partition coefficient (Wildman–Crippen LogP) is 5.46. The Morgan fingerprint density at radius 1 is 1.33 bits per heavy atom. The van der Waals surface area contributed by atoms with Crippen LogP contribution in [0.5, 0.6) is 0 Å². The van der Waals surface area contributed by atoms with Crippen LogP contribution in [0.3, 0.4) is 0 Å². The summed E-state index contributed by atoms with van der Waals surface area (Å²) in [6.45, 7) is 2.23. The Balaban J connectivity index is 2.04. The Morgan fingerprint density at radius 3 is 2.78 bits per heavy atom. The lowest BCUT2D eigenvalue weighted by Gasteiger charge is -2.32. The summed E-state index contributed by atoms with van der Waals surface area (Å²) >= 11 is 12.1. The zero-order valence-electron chi connectivity index (χ0n) is 10.6. The minimum absolute atomic E-state index is 0.191. The Bertz CT molecular complexity index is 405. The third-order valence-electron chi connectivity index (χ3n) is 4.06. The van der Waals surface area contributed by atoms with Gasteiger partial charge in [0.2, 0.25) is 0 Å². The minimum Gasteiger partial charge on any atom is -0.205 e. The van der Waals surface area contributed by atoms with Crippen LogP contribution in [0.4, 0.5) is 4.39 Å². The van der Waals surface area contributed by atoms with Gasteiger partial charge in [0.25, 0.3) is 0 Å². The van der Waals surface area contributed by atoms with E-state index in [-0.39, 0.29) is 16.2 Å². The summed E-state index contributed by atoms with van der Waals surface area (Å²) in [7, 11) is 0. The lowest BCUT2D eigenvalue weighted by molar-refractivity contribution is 0.264. The molecule has 0 amide bonds. The Hall–Kier alpha value is -0.270. The zero-order valence-corrected chi connectivity index (χ0v) is 12.1. The van der Waals surface area contributed by atoms with E-state index in [1.807, 2.05) is 6.07 Å². The standard InChI is InChI=1S/C15H19Cl2F/c1-2-10-3-5-13(16)12(7-10)8-11-4-6-14(17)15(18)9-11/h4,6,9-10,12-13H,2-3,5,7-8H2,1H3. The molecule has 0 aromatic heterocycles. The van der Waals surface area contributed by atoms with Gasteiger partial charge in [0.15, 0.2) is 0 Å². The Kier molecular flexibility index (Phi) is 4.91. The van der Waals surface area contributed by atoms with E-state index in [9.17, 15) is 4.39 Å². The largest absolute Gasteiger partial charge is 0.205 e. The second kappa shape index (κ2) is 6.25. The van der Waals surface area contributed by atoms with Crippen molar-refractivity contribution in [3.8, 4) is 0 Å². The minimum atomic E-state index is -0.330. The van der Waals surface area contributed by atoms with E-state index < -0.39 is 0 Å². The molecule has 3 unspecified atom stereocenters. The van der Waals surface area contributed by atoms with Crippen LogP contribution in [0, 0.1) is 17.7 Å². The number of hydrogen-bond acceptors (Lipinski definition) is 0. The van der Waals surface area contributed by atoms with E-state index >= 15 is 0 Å². The van der Waals surface area contributed by atoms with Gasteiger partial charge in [0.05, 0.1) is 5.02 Å². The zero-order chi connectivity index (χ0) is 13.1. The lowest BCUT2D eigenvalue weighted by atomic mass is 9.77. The number of benzene rings is 1. The average Bonchev–Trinajstić information content (AvgIpc) is 2.36. The van der Waals surface area contributed by atoms with Crippen LogP contribution in [0.25, 0.3) is 0 Å². The normalized spacial score (nSPS) is 28.3. The number of rotatable bonds is 3. The van der Waals surface area contributed by atoms with Crippen molar-refractivity contribution in [3.63, 3.8) is 0 Å². The fourth-order valence-electron chi connectivity index (χ4n) is 2.88. The Labute approximate surface area is 118 Å². The highest BCUT2D eigenvalue weighted by Crippen LogP contribution is 2.36. The maximum absolute atomic E-state index is 13.4. The van der Waals surface area contributed by atoms with Crippen LogP contribution in [0.15, 0.2) is 18.2 Å². The first-order valence-electron chi connectivity index (χ1n) is 6.68. The molecule has 0 heterocycles. The maximum atomic E-state index is 13.4. The van der Waals surface area contributed by atoms with Gasteiger partial charge >= 0.3 is 0 Å². The highest BCUT2D eigenvalue weighted by Gasteiger charge is 2.28. The van der Waals surface area contributed by atoms with Gasteiger partial charge in [-0.2, -0.15) is 0 Å². The molecule has 0 N–H and O–H groups in total. The van der Waals surface area contributed by atoms with E-state index in [1.165, 1.54) is 12.8 Å². The van der Waals surface area contributed by atoms with E-state index in [1.54, 1.807) is 12.1 Å². The number of alkyl halides is 1. The molecule has 100 valence electrons. The van der Waals surface area contributed by atoms with Crippen molar-refractivity contribution in [2.75, 3.05) is 0 Å². The SMILES string of the molecule is CCC1CCC(Cl)C(Cc2ccc(Cl)c(F)c2)C1. The van der Waals surface area contributed by atoms with Gasteiger partial charge in [0.1, 0.15) is 5.82 Å². The topological polar surface area (TPSA) is 0 Å². The van der Waals surface area contributed by atoms with Gasteiger partial charge in [-0.3, -0.25) is 0 Å². The Morgan fingerprint density at radius 2 is 2.11 bits per heavy atom. The molecule has 0 aliphatic heterocycles. The summed E-state index contributed by atoms with van der Waals surface area (Å²) in [5.74, 6) is 0.913. The van der Waals surface area contributed by atoms with Crippen molar-refractivity contribution < 1.29 is 4.39 Å². The van der Waals surface area contributed by atoms with Crippen molar-refractivity contribution in [3.05, 3.63) is 34.6 Å². The lowest BCUT2D eigenvalue weighted by Crippen LogP contribution is -2.26. The summed E-state index contributed by atoms with van der Waals surface area (Å²) in [6, 6.07) is 5.08. The molecule has 0 spiro atoms. The molecule has 0 saturated heterocycles. The third kappa shape index (κ3) is 3.39. The molecule has 1 aliphatic rings. The van der Waals surface area contributed by atoms with Crippen LogP contribution >= 0.6 is 23.2 Å². The molecular weight excluding hydrogens is 270 g/mol. The summed E-state index contributed by atoms with van der Waals surface area (Å²) in [5, 5.41) is 0.419. The van der Waals surface area contributed by atoms with E-state index in [0.29, 0.717) is 5.92 Å². The molecule has 1 aromatic carbocycles. The van der Waals surface area contributed by atoms with Crippen LogP contribution in [-0.2, 0) is 6.42 Å². The highest BCUT2D eigenvalue weighted by atomic mass is 35.5. The van der Waals surface area contributed by atoms with Gasteiger partial charge in [-0.15, -0.1) is 11.6 Å². The van der Waals surface area contributed by atoms with Gasteiger partial charge in [-0.05, 0) is 55.2 Å². The first kappa shape index (κ1) is 14.1. The van der Waals surface area contributed by atoms with Gasteiger partial charge in [-0.25, -0.2) is 4.39 Å². The van der Waals surface area contributed by atoms with Crippen molar-refractivity contribution in [2.24, 2.45) is 11.8 Å². The second-order valence-electron chi connectivity index (χ2n) is 5.32. The smallest absolute Gasteiger partial charge is 0.142 e. The molecule has 3 heteroatoms. The quantitative estimate of drug-likeness (QED) is 0.648. The first-order chi connectivity index (χ1) is 8.60. The fourth-order valence-corrected chi connectivity index (χ4v) is 3.31. The van der Waals surface area contributed by atoms with Crippen molar-refractivity contribution in [2.45, 2.75) is 44.4 Å². The number of halogens is 3. The summed E-state index contributed by atoms with van der Waals surface area (Å²) in [4.78, 5) is 0. The average molecular weight is 289 g/mol. The summed E-state index contributed by atoms with van der Waals surface area (Å²) in [6.07, 6.45) is 5.56. The van der Waals surface area contributed by atoms with Crippen molar-refractivity contribution >= 4 is 23.2 Å². The maximum Gasteiger partial charge on any atom is 0.142 e. The van der Waals surface area contributed by atoms with Crippen LogP contribution in [-0.4, -0.2) is 5.38 Å². The van der Waals surface area contributed by atoms with Crippen LogP contribution in [0.1, 0.15) is 38.2 Å². The van der Waals surface area contributed by atoms with Gasteiger partial charge in [-0.1, -0.05) is 31.0 Å². The molecule has 0 nitrogen and oxygen atoms in total. The molecule has 1 aromatic rings. The van der Waals surface area contributed by atoms with E-state index in [0.717, 1.165) is 30.7 Å². The second-order valence-corrected chi connectivity index (χ2v) is 6.28. The van der Waals surface area contributed by atoms with Crippen LogP contribution < -0.4 is 0 Å². The van der Waals surface area contributed by atoms with E-state index in [4.69, 9.17) is 23.2 Å². The molecule has 1 fully saturated rings. The fraction of sp³-hybridized carbons (Fsp3) is 0.600. The predicted molar refractivity (Wildman–Crippen MR) is 75.9 cm³/mol. The molecule has 1 saturated carbocycles. The van der Waals surface area contributed by atoms with E-state index in [2.05, 4.69) is 6.92 Å². The third-order valence-corrected chi connectivity index (χ3v) is 4.94. The molecule has 0 radical (unpaired) electrons. The van der Waals surface area contributed by atoms with Gasteiger partial charge in [0, 0.05) is 5.38 Å². The molecule has 2 rings (SSSR count). The van der Waals surface area contributed by atoms with Crippen molar-refractivity contribution in [1.29, 1.82) is 0 Å². The number of hydrogen-bond donors (Lipinski definition) is 0. The molecular formula is C15H19Cl2F. The molecule has 3 atom stereocenters. The monoisotopic (exact) mass is 288 g/mol. The molecule has 18 heavy (non-hydrogen) atoms. The first-order valence-corrected chi connectivity index (χ1v) is 7.49. The summed E-state index contributed by atoms with van der Waals surface area (Å²) < 4.78 is 13.4.